The molecule has 162 valence electrons. The van der Waals surface area contributed by atoms with E-state index in [-0.39, 0.29) is 24.9 Å². The first-order valence-corrected chi connectivity index (χ1v) is 11.3. The number of rotatable bonds is 4. The van der Waals surface area contributed by atoms with Crippen molar-refractivity contribution in [1.29, 1.82) is 0 Å². The van der Waals surface area contributed by atoms with Crippen LogP contribution >= 0.6 is 22.9 Å². The van der Waals surface area contributed by atoms with Gasteiger partial charge in [-0.1, -0.05) is 35.9 Å². The second-order valence-electron chi connectivity index (χ2n) is 9.01. The first-order valence-electron chi connectivity index (χ1n) is 10.1. The molecule has 0 unspecified atom stereocenters. The molecule has 4 rings (SSSR count). The zero-order valence-electron chi connectivity index (χ0n) is 18.0. The van der Waals surface area contributed by atoms with Crippen LogP contribution < -0.4 is 5.32 Å². The number of fused-ring (bicyclic) bond motifs is 1. The number of nitrogens with one attached hydrogen (secondary N) is 1. The molecule has 2 amide bonds. The van der Waals surface area contributed by atoms with Crippen LogP contribution in [-0.2, 0) is 17.9 Å². The van der Waals surface area contributed by atoms with Gasteiger partial charge in [0, 0.05) is 17.1 Å². The highest BCUT2D eigenvalue weighted by atomic mass is 35.5. The topological polar surface area (TPSA) is 67.2 Å². The minimum Gasteiger partial charge on any atom is -0.349 e. The molecule has 0 fully saturated rings. The molecule has 1 aromatic carbocycles. The maximum atomic E-state index is 13.6. The van der Waals surface area contributed by atoms with E-state index in [4.69, 9.17) is 11.6 Å². The second kappa shape index (κ2) is 7.80. The molecule has 0 saturated heterocycles. The number of thiophene rings is 1. The van der Waals surface area contributed by atoms with Crippen molar-refractivity contribution in [1.82, 2.24) is 20.0 Å². The van der Waals surface area contributed by atoms with Crippen molar-refractivity contribution in [2.24, 2.45) is 0 Å². The average molecular weight is 457 g/mol. The van der Waals surface area contributed by atoms with Crippen molar-refractivity contribution in [3.63, 3.8) is 0 Å². The smallest absolute Gasteiger partial charge is 0.273 e. The van der Waals surface area contributed by atoms with Crippen molar-refractivity contribution in [3.8, 4) is 10.6 Å². The van der Waals surface area contributed by atoms with Crippen LogP contribution in [0.5, 0.6) is 0 Å². The minimum absolute atomic E-state index is 0.223. The van der Waals surface area contributed by atoms with Crippen molar-refractivity contribution < 1.29 is 9.59 Å². The lowest BCUT2D eigenvalue weighted by Crippen LogP contribution is -2.65. The summed E-state index contributed by atoms with van der Waals surface area (Å²) in [5.41, 5.74) is 0.424. The molecule has 3 heterocycles. The van der Waals surface area contributed by atoms with Crippen LogP contribution in [0.2, 0.25) is 5.02 Å². The van der Waals surface area contributed by atoms with Gasteiger partial charge in [-0.3, -0.25) is 14.3 Å². The fraction of sp³-hybridized carbons (Fsp3) is 0.348. The van der Waals surface area contributed by atoms with Gasteiger partial charge in [-0.15, -0.1) is 11.3 Å². The Balaban J connectivity index is 1.78. The van der Waals surface area contributed by atoms with Gasteiger partial charge < -0.3 is 10.2 Å². The summed E-state index contributed by atoms with van der Waals surface area (Å²) in [6, 6.07) is 13.1. The Hall–Kier alpha value is -2.64. The largest absolute Gasteiger partial charge is 0.349 e. The first kappa shape index (κ1) is 21.6. The number of aromatic nitrogens is 2. The lowest BCUT2D eigenvalue weighted by atomic mass is 9.92. The van der Waals surface area contributed by atoms with E-state index in [0.29, 0.717) is 10.7 Å². The van der Waals surface area contributed by atoms with Gasteiger partial charge in [-0.2, -0.15) is 5.10 Å². The Morgan fingerprint density at radius 1 is 1.26 bits per heavy atom. The third kappa shape index (κ3) is 4.12. The predicted molar refractivity (Wildman–Crippen MR) is 123 cm³/mol. The third-order valence-corrected chi connectivity index (χ3v) is 6.60. The van der Waals surface area contributed by atoms with Crippen LogP contribution in [-0.4, -0.2) is 37.6 Å². The van der Waals surface area contributed by atoms with Crippen LogP contribution in [0, 0.1) is 0 Å². The second-order valence-corrected chi connectivity index (χ2v) is 10.4. The van der Waals surface area contributed by atoms with Crippen LogP contribution in [0.3, 0.4) is 0 Å². The Bertz CT molecular complexity index is 1130. The zero-order valence-corrected chi connectivity index (χ0v) is 19.5. The van der Waals surface area contributed by atoms with E-state index < -0.39 is 11.1 Å². The first-order chi connectivity index (χ1) is 14.6. The highest BCUT2D eigenvalue weighted by Gasteiger charge is 2.48. The van der Waals surface area contributed by atoms with E-state index in [1.54, 1.807) is 40.0 Å². The number of amides is 2. The number of hydrogen-bond acceptors (Lipinski definition) is 4. The van der Waals surface area contributed by atoms with Gasteiger partial charge >= 0.3 is 0 Å². The average Bonchev–Trinajstić information content (AvgIpc) is 3.34. The summed E-state index contributed by atoms with van der Waals surface area (Å²) >= 11 is 7.95. The third-order valence-electron chi connectivity index (χ3n) is 5.34. The Morgan fingerprint density at radius 2 is 2.00 bits per heavy atom. The molecule has 1 aliphatic rings. The number of halogens is 1. The molecule has 6 nitrogen and oxygen atoms in total. The van der Waals surface area contributed by atoms with Crippen LogP contribution in [0.25, 0.3) is 10.6 Å². The SMILES string of the molecule is CC(C)(C)NC(=O)[C@@]1(C)Cn2nc(-c3cccs3)cc2C(=O)N1Cc1ccccc1Cl. The summed E-state index contributed by atoms with van der Waals surface area (Å²) in [5.74, 6) is -0.465. The summed E-state index contributed by atoms with van der Waals surface area (Å²) in [6.45, 7) is 8.04. The van der Waals surface area contributed by atoms with Gasteiger partial charge in [0.1, 0.15) is 16.9 Å². The van der Waals surface area contributed by atoms with E-state index in [1.807, 2.05) is 56.5 Å². The van der Waals surface area contributed by atoms with Crippen molar-refractivity contribution in [2.75, 3.05) is 0 Å². The Labute approximate surface area is 190 Å². The molecular formula is C23H25ClN4O2S. The number of benzene rings is 1. The van der Waals surface area contributed by atoms with Crippen LogP contribution in [0.4, 0.5) is 0 Å². The molecular weight excluding hydrogens is 432 g/mol. The lowest BCUT2D eigenvalue weighted by molar-refractivity contribution is -0.135. The Kier molecular flexibility index (Phi) is 5.43. The zero-order chi connectivity index (χ0) is 22.4. The normalized spacial score (nSPS) is 18.7. The molecule has 1 N–H and O–H groups in total. The molecule has 3 aromatic rings. The molecule has 0 spiro atoms. The van der Waals surface area contributed by atoms with Gasteiger partial charge in [0.05, 0.1) is 11.4 Å². The molecule has 1 aliphatic heterocycles. The summed E-state index contributed by atoms with van der Waals surface area (Å²) < 4.78 is 1.66. The summed E-state index contributed by atoms with van der Waals surface area (Å²) in [7, 11) is 0. The van der Waals surface area contributed by atoms with Crippen LogP contribution in [0.1, 0.15) is 43.7 Å². The van der Waals surface area contributed by atoms with E-state index in [9.17, 15) is 9.59 Å². The molecule has 0 saturated carbocycles. The molecule has 1 atom stereocenters. The van der Waals surface area contributed by atoms with Gasteiger partial charge in [-0.25, -0.2) is 0 Å². The highest BCUT2D eigenvalue weighted by molar-refractivity contribution is 7.13. The maximum Gasteiger partial charge on any atom is 0.273 e. The number of hydrogen-bond donors (Lipinski definition) is 1. The highest BCUT2D eigenvalue weighted by Crippen LogP contribution is 2.33. The summed E-state index contributed by atoms with van der Waals surface area (Å²) in [6.07, 6.45) is 0. The fourth-order valence-corrected chi connectivity index (χ4v) is 4.58. The van der Waals surface area contributed by atoms with Crippen molar-refractivity contribution >= 4 is 34.8 Å². The molecule has 0 radical (unpaired) electrons. The lowest BCUT2D eigenvalue weighted by Gasteiger charge is -2.44. The number of carbonyl (C=O) groups excluding carboxylic acids is 2. The van der Waals surface area contributed by atoms with Gasteiger partial charge in [0.15, 0.2) is 0 Å². The van der Waals surface area contributed by atoms with E-state index in [2.05, 4.69) is 10.4 Å². The molecule has 2 aromatic heterocycles. The summed E-state index contributed by atoms with van der Waals surface area (Å²) in [4.78, 5) is 29.7. The number of carbonyl (C=O) groups is 2. The van der Waals surface area contributed by atoms with Gasteiger partial charge in [0.2, 0.25) is 5.91 Å². The van der Waals surface area contributed by atoms with Crippen molar-refractivity contribution in [3.05, 3.63) is 64.1 Å². The monoisotopic (exact) mass is 456 g/mol. The van der Waals surface area contributed by atoms with E-state index in [0.717, 1.165) is 16.1 Å². The molecule has 0 aliphatic carbocycles. The van der Waals surface area contributed by atoms with Gasteiger partial charge in [-0.05, 0) is 56.8 Å². The maximum absolute atomic E-state index is 13.6. The van der Waals surface area contributed by atoms with E-state index >= 15 is 0 Å². The predicted octanol–water partition coefficient (Wildman–Crippen LogP) is 4.59. The van der Waals surface area contributed by atoms with Gasteiger partial charge in [0.25, 0.3) is 5.91 Å². The van der Waals surface area contributed by atoms with E-state index in [1.165, 1.54) is 0 Å². The molecule has 8 heteroatoms. The Morgan fingerprint density at radius 3 is 2.65 bits per heavy atom. The summed E-state index contributed by atoms with van der Waals surface area (Å²) in [5, 5.41) is 10.2. The van der Waals surface area contributed by atoms with Crippen LogP contribution in [0.15, 0.2) is 47.8 Å². The quantitative estimate of drug-likeness (QED) is 0.624. The molecule has 31 heavy (non-hydrogen) atoms. The molecule has 0 bridgehead atoms. The number of nitrogens with zero attached hydrogens (tertiary/aromatic N) is 3. The fourth-order valence-electron chi connectivity index (χ4n) is 3.71. The van der Waals surface area contributed by atoms with Crippen molar-refractivity contribution in [2.45, 2.75) is 51.9 Å². The minimum atomic E-state index is -1.13. The standard InChI is InChI=1S/C23H25ClN4O2S/c1-22(2,3)25-21(30)23(4)14-28-18(12-17(26-28)19-10-7-11-31-19)20(29)27(23)13-15-8-5-6-9-16(15)24/h5-12H,13-14H2,1-4H3,(H,25,30)/t23-/m1/s1.